The van der Waals surface area contributed by atoms with Gasteiger partial charge in [0.1, 0.15) is 5.60 Å². The first-order valence-electron chi connectivity index (χ1n) is 8.10. The molecule has 1 aliphatic heterocycles. The molecular formula is C17H32N2O2. The van der Waals surface area contributed by atoms with E-state index < -0.39 is 5.60 Å². The van der Waals surface area contributed by atoms with Crippen molar-refractivity contribution in [2.75, 3.05) is 26.2 Å². The Hall–Kier alpha value is -1.03. The fraction of sp³-hybridized carbons (Fsp3) is 0.824. The average Bonchev–Trinajstić information content (AvgIpc) is 2.37. The van der Waals surface area contributed by atoms with Crippen molar-refractivity contribution >= 4 is 6.09 Å². The van der Waals surface area contributed by atoms with Crippen LogP contribution in [0.2, 0.25) is 0 Å². The van der Waals surface area contributed by atoms with Crippen molar-refractivity contribution < 1.29 is 9.53 Å². The van der Waals surface area contributed by atoms with E-state index in [9.17, 15) is 4.79 Å². The molecule has 122 valence electrons. The summed E-state index contributed by atoms with van der Waals surface area (Å²) >= 11 is 0. The molecule has 21 heavy (non-hydrogen) atoms. The Morgan fingerprint density at radius 3 is 2.29 bits per heavy atom. The molecule has 0 aromatic carbocycles. The lowest BCUT2D eigenvalue weighted by Crippen LogP contribution is -2.52. The lowest BCUT2D eigenvalue weighted by atomic mass is 10.1. The summed E-state index contributed by atoms with van der Waals surface area (Å²) in [6, 6.07) is 0.536. The van der Waals surface area contributed by atoms with E-state index in [4.69, 9.17) is 4.74 Å². The fourth-order valence-corrected chi connectivity index (χ4v) is 2.70. The molecule has 0 N–H and O–H groups in total. The lowest BCUT2D eigenvalue weighted by Gasteiger charge is -2.38. The molecule has 0 aromatic heterocycles. The van der Waals surface area contributed by atoms with Gasteiger partial charge in [-0.3, -0.25) is 4.90 Å². The van der Waals surface area contributed by atoms with Gasteiger partial charge in [0.05, 0.1) is 0 Å². The minimum Gasteiger partial charge on any atom is -0.444 e. The number of carbonyl (C=O) groups excluding carboxylic acids is 1. The highest BCUT2D eigenvalue weighted by atomic mass is 16.6. The Kier molecular flexibility index (Phi) is 6.72. The van der Waals surface area contributed by atoms with E-state index >= 15 is 0 Å². The number of amides is 1. The first-order valence-corrected chi connectivity index (χ1v) is 8.10. The number of piperazine rings is 1. The summed E-state index contributed by atoms with van der Waals surface area (Å²) in [5, 5.41) is 0. The summed E-state index contributed by atoms with van der Waals surface area (Å²) in [6.45, 7) is 15.8. The minimum atomic E-state index is -0.413. The van der Waals surface area contributed by atoms with Crippen LogP contribution in [0.4, 0.5) is 4.79 Å². The van der Waals surface area contributed by atoms with Crippen LogP contribution in [0.5, 0.6) is 0 Å². The second-order valence-corrected chi connectivity index (χ2v) is 7.02. The van der Waals surface area contributed by atoms with E-state index in [0.29, 0.717) is 6.04 Å². The van der Waals surface area contributed by atoms with Crippen LogP contribution in [0.3, 0.4) is 0 Å². The van der Waals surface area contributed by atoms with Crippen molar-refractivity contribution in [3.63, 3.8) is 0 Å². The zero-order chi connectivity index (χ0) is 16.0. The van der Waals surface area contributed by atoms with Crippen LogP contribution >= 0.6 is 0 Å². The number of nitrogens with zero attached hydrogens (tertiary/aromatic N) is 2. The molecule has 0 aromatic rings. The van der Waals surface area contributed by atoms with Crippen molar-refractivity contribution in [1.82, 2.24) is 9.80 Å². The largest absolute Gasteiger partial charge is 0.444 e. The first-order chi connectivity index (χ1) is 9.73. The summed E-state index contributed by atoms with van der Waals surface area (Å²) < 4.78 is 5.43. The van der Waals surface area contributed by atoms with Crippen LogP contribution in [-0.4, -0.2) is 53.7 Å². The second kappa shape index (κ2) is 7.83. The second-order valence-electron chi connectivity index (χ2n) is 7.02. The van der Waals surface area contributed by atoms with Crippen LogP contribution in [0.15, 0.2) is 11.6 Å². The van der Waals surface area contributed by atoms with Gasteiger partial charge >= 0.3 is 6.09 Å². The molecule has 1 heterocycles. The molecule has 1 saturated heterocycles. The van der Waals surface area contributed by atoms with Crippen LogP contribution < -0.4 is 0 Å². The highest BCUT2D eigenvalue weighted by Crippen LogP contribution is 2.16. The standard InChI is InChI=1S/C17H32N2O2/c1-7-8-14(2)13-15(3)18-9-11-19(12-10-18)16(20)21-17(4,5)6/h8,15H,7,9-13H2,1-6H3/b14-8-. The summed E-state index contributed by atoms with van der Waals surface area (Å²) in [7, 11) is 0. The van der Waals surface area contributed by atoms with E-state index in [-0.39, 0.29) is 6.09 Å². The van der Waals surface area contributed by atoms with E-state index in [1.54, 1.807) is 0 Å². The number of ether oxygens (including phenoxy) is 1. The Bertz CT molecular complexity index is 363. The lowest BCUT2D eigenvalue weighted by molar-refractivity contribution is 0.0111. The van der Waals surface area contributed by atoms with Crippen molar-refractivity contribution in [2.45, 2.75) is 66.0 Å². The van der Waals surface area contributed by atoms with Crippen molar-refractivity contribution in [3.8, 4) is 0 Å². The Labute approximate surface area is 130 Å². The molecular weight excluding hydrogens is 264 g/mol. The van der Waals surface area contributed by atoms with Crippen LogP contribution in [0, 0.1) is 0 Å². The summed E-state index contributed by atoms with van der Waals surface area (Å²) in [5.41, 5.74) is 1.04. The Morgan fingerprint density at radius 1 is 1.24 bits per heavy atom. The number of allylic oxidation sites excluding steroid dienone is 1. The summed E-state index contributed by atoms with van der Waals surface area (Å²) in [6.07, 6.45) is 4.33. The maximum atomic E-state index is 12.0. The average molecular weight is 296 g/mol. The number of hydrogen-bond donors (Lipinski definition) is 0. The predicted molar refractivity (Wildman–Crippen MR) is 87.5 cm³/mol. The molecule has 1 atom stereocenters. The van der Waals surface area contributed by atoms with Crippen LogP contribution in [-0.2, 0) is 4.74 Å². The fourth-order valence-electron chi connectivity index (χ4n) is 2.70. The van der Waals surface area contributed by atoms with E-state index in [1.165, 1.54) is 5.57 Å². The monoisotopic (exact) mass is 296 g/mol. The maximum absolute atomic E-state index is 12.0. The van der Waals surface area contributed by atoms with Crippen molar-refractivity contribution in [1.29, 1.82) is 0 Å². The molecule has 0 saturated carbocycles. The van der Waals surface area contributed by atoms with Gasteiger partial charge in [-0.2, -0.15) is 0 Å². The van der Waals surface area contributed by atoms with Gasteiger partial charge in [0.15, 0.2) is 0 Å². The van der Waals surface area contributed by atoms with Crippen molar-refractivity contribution in [2.24, 2.45) is 0 Å². The molecule has 1 fully saturated rings. The Balaban J connectivity index is 2.41. The molecule has 1 unspecified atom stereocenters. The van der Waals surface area contributed by atoms with Gasteiger partial charge in [-0.15, -0.1) is 0 Å². The normalized spacial score (nSPS) is 19.5. The molecule has 0 spiro atoms. The first kappa shape index (κ1) is 18.0. The van der Waals surface area contributed by atoms with Gasteiger partial charge in [0.25, 0.3) is 0 Å². The number of carbonyl (C=O) groups is 1. The highest BCUT2D eigenvalue weighted by molar-refractivity contribution is 5.68. The van der Waals surface area contributed by atoms with E-state index in [0.717, 1.165) is 39.0 Å². The zero-order valence-electron chi connectivity index (χ0n) is 14.6. The van der Waals surface area contributed by atoms with Crippen molar-refractivity contribution in [3.05, 3.63) is 11.6 Å². The molecule has 1 aliphatic rings. The third-order valence-corrected chi connectivity index (χ3v) is 3.76. The topological polar surface area (TPSA) is 32.8 Å². The van der Waals surface area contributed by atoms with Crippen LogP contribution in [0.25, 0.3) is 0 Å². The van der Waals surface area contributed by atoms with Gasteiger partial charge in [-0.1, -0.05) is 18.6 Å². The van der Waals surface area contributed by atoms with Crippen LogP contribution in [0.1, 0.15) is 54.4 Å². The smallest absolute Gasteiger partial charge is 0.410 e. The predicted octanol–water partition coefficient (Wildman–Crippen LogP) is 3.67. The van der Waals surface area contributed by atoms with Gasteiger partial charge in [-0.25, -0.2) is 4.79 Å². The molecule has 4 heteroatoms. The third-order valence-electron chi connectivity index (χ3n) is 3.76. The Morgan fingerprint density at radius 2 is 1.81 bits per heavy atom. The van der Waals surface area contributed by atoms with E-state index in [2.05, 4.69) is 31.7 Å². The molecule has 4 nitrogen and oxygen atoms in total. The molecule has 0 aliphatic carbocycles. The molecule has 1 amide bonds. The van der Waals surface area contributed by atoms with Gasteiger partial charge in [-0.05, 0) is 47.5 Å². The zero-order valence-corrected chi connectivity index (χ0v) is 14.6. The quantitative estimate of drug-likeness (QED) is 0.742. The number of rotatable bonds is 4. The highest BCUT2D eigenvalue weighted by Gasteiger charge is 2.27. The van der Waals surface area contributed by atoms with Gasteiger partial charge in [0, 0.05) is 32.2 Å². The molecule has 0 radical (unpaired) electrons. The SMILES string of the molecule is CC/C=C(/C)CC(C)N1CCN(C(=O)OC(C)(C)C)CC1. The van der Waals surface area contributed by atoms with Gasteiger partial charge < -0.3 is 9.64 Å². The third kappa shape index (κ3) is 6.51. The maximum Gasteiger partial charge on any atom is 0.410 e. The van der Waals surface area contributed by atoms with E-state index in [1.807, 2.05) is 25.7 Å². The minimum absolute atomic E-state index is 0.183. The van der Waals surface area contributed by atoms with Gasteiger partial charge in [0.2, 0.25) is 0 Å². The summed E-state index contributed by atoms with van der Waals surface area (Å²) in [5.74, 6) is 0. The summed E-state index contributed by atoms with van der Waals surface area (Å²) in [4.78, 5) is 16.3. The molecule has 1 rings (SSSR count). The number of hydrogen-bond acceptors (Lipinski definition) is 3. The molecule has 0 bridgehead atoms.